The SMILES string of the molecule is COCCOc1ccc(S(=O)(=O)N2CCN(c3ccccc3F)CC2)cc1. The van der Waals surface area contributed by atoms with Gasteiger partial charge in [0.25, 0.3) is 0 Å². The maximum absolute atomic E-state index is 13.9. The molecule has 0 N–H and O–H groups in total. The first-order chi connectivity index (χ1) is 13.0. The van der Waals surface area contributed by atoms with Gasteiger partial charge in [-0.05, 0) is 36.4 Å². The Bertz CT molecular complexity index is 850. The summed E-state index contributed by atoms with van der Waals surface area (Å²) in [6.45, 7) is 2.37. The van der Waals surface area contributed by atoms with Crippen molar-refractivity contribution in [3.8, 4) is 5.75 Å². The molecule has 6 nitrogen and oxygen atoms in total. The average molecular weight is 394 g/mol. The smallest absolute Gasteiger partial charge is 0.243 e. The molecule has 0 radical (unpaired) electrons. The molecule has 8 heteroatoms. The van der Waals surface area contributed by atoms with Crippen LogP contribution in [0.25, 0.3) is 0 Å². The number of piperazine rings is 1. The molecule has 0 aromatic heterocycles. The highest BCUT2D eigenvalue weighted by molar-refractivity contribution is 7.89. The molecule has 1 aliphatic heterocycles. The van der Waals surface area contributed by atoms with Crippen LogP contribution < -0.4 is 9.64 Å². The molecule has 0 amide bonds. The lowest BCUT2D eigenvalue weighted by molar-refractivity contribution is 0.146. The van der Waals surface area contributed by atoms with E-state index in [2.05, 4.69) is 0 Å². The molecule has 0 bridgehead atoms. The molecule has 146 valence electrons. The van der Waals surface area contributed by atoms with E-state index >= 15 is 0 Å². The second kappa shape index (κ2) is 8.69. The zero-order chi connectivity index (χ0) is 19.3. The molecule has 0 spiro atoms. The molecule has 1 saturated heterocycles. The van der Waals surface area contributed by atoms with Crippen molar-refractivity contribution in [2.75, 3.05) is 51.4 Å². The lowest BCUT2D eigenvalue weighted by Crippen LogP contribution is -2.48. The number of sulfonamides is 1. The topological polar surface area (TPSA) is 59.1 Å². The van der Waals surface area contributed by atoms with E-state index in [4.69, 9.17) is 9.47 Å². The summed E-state index contributed by atoms with van der Waals surface area (Å²) in [7, 11) is -2.00. The first-order valence-corrected chi connectivity index (χ1v) is 10.2. The standard InChI is InChI=1S/C19H23FN2O4S/c1-25-14-15-26-16-6-8-17(9-7-16)27(23,24)22-12-10-21(11-13-22)19-5-3-2-4-18(19)20/h2-9H,10-15H2,1H3. The summed E-state index contributed by atoms with van der Waals surface area (Å²) in [5.74, 6) is 0.299. The highest BCUT2D eigenvalue weighted by atomic mass is 32.2. The van der Waals surface area contributed by atoms with Crippen molar-refractivity contribution >= 4 is 15.7 Å². The number of para-hydroxylation sites is 1. The van der Waals surface area contributed by atoms with Crippen LogP contribution in [0.1, 0.15) is 0 Å². The number of hydrogen-bond donors (Lipinski definition) is 0. The van der Waals surface area contributed by atoms with Crippen LogP contribution in [0.2, 0.25) is 0 Å². The van der Waals surface area contributed by atoms with Crippen molar-refractivity contribution < 1.29 is 22.3 Å². The fourth-order valence-electron chi connectivity index (χ4n) is 2.98. The van der Waals surface area contributed by atoms with Crippen molar-refractivity contribution in [3.63, 3.8) is 0 Å². The summed E-state index contributed by atoms with van der Waals surface area (Å²) < 4.78 is 51.4. The van der Waals surface area contributed by atoms with E-state index in [0.717, 1.165) is 0 Å². The third-order valence-electron chi connectivity index (χ3n) is 4.45. The van der Waals surface area contributed by atoms with Crippen LogP contribution in [0, 0.1) is 5.82 Å². The molecule has 0 saturated carbocycles. The predicted octanol–water partition coefficient (Wildman–Crippen LogP) is 2.36. The van der Waals surface area contributed by atoms with E-state index in [0.29, 0.717) is 50.8 Å². The Labute approximate surface area is 159 Å². The van der Waals surface area contributed by atoms with Crippen LogP contribution in [0.5, 0.6) is 5.75 Å². The lowest BCUT2D eigenvalue weighted by atomic mass is 10.2. The molecule has 2 aromatic carbocycles. The second-order valence-corrected chi connectivity index (χ2v) is 8.09. The van der Waals surface area contributed by atoms with Crippen molar-refractivity contribution in [3.05, 3.63) is 54.3 Å². The first kappa shape index (κ1) is 19.6. The molecule has 0 atom stereocenters. The van der Waals surface area contributed by atoms with Gasteiger partial charge in [-0.2, -0.15) is 4.31 Å². The van der Waals surface area contributed by atoms with Gasteiger partial charge in [0.15, 0.2) is 0 Å². The van der Waals surface area contributed by atoms with Gasteiger partial charge in [0.05, 0.1) is 17.2 Å². The fourth-order valence-corrected chi connectivity index (χ4v) is 4.40. The maximum atomic E-state index is 13.9. The largest absolute Gasteiger partial charge is 0.491 e. The fraction of sp³-hybridized carbons (Fsp3) is 0.368. The lowest BCUT2D eigenvalue weighted by Gasteiger charge is -2.35. The molecule has 27 heavy (non-hydrogen) atoms. The van der Waals surface area contributed by atoms with Crippen LogP contribution in [-0.4, -0.2) is 59.2 Å². The molecule has 0 unspecified atom stereocenters. The monoisotopic (exact) mass is 394 g/mol. The molecule has 0 aliphatic carbocycles. The van der Waals surface area contributed by atoms with Crippen LogP contribution >= 0.6 is 0 Å². The predicted molar refractivity (Wildman–Crippen MR) is 101 cm³/mol. The van der Waals surface area contributed by atoms with Gasteiger partial charge >= 0.3 is 0 Å². The highest BCUT2D eigenvalue weighted by Gasteiger charge is 2.29. The number of ether oxygens (including phenoxy) is 2. The molecular formula is C19H23FN2O4S. The Balaban J connectivity index is 1.64. The van der Waals surface area contributed by atoms with E-state index in [1.54, 1.807) is 49.6 Å². The molecule has 1 heterocycles. The van der Waals surface area contributed by atoms with Crippen molar-refractivity contribution in [2.45, 2.75) is 4.90 Å². The molecular weight excluding hydrogens is 371 g/mol. The van der Waals surface area contributed by atoms with Gasteiger partial charge in [0.1, 0.15) is 18.2 Å². The normalized spacial score (nSPS) is 15.7. The third-order valence-corrected chi connectivity index (χ3v) is 6.36. The van der Waals surface area contributed by atoms with Crippen LogP contribution in [0.15, 0.2) is 53.4 Å². The number of rotatable bonds is 7. The van der Waals surface area contributed by atoms with Gasteiger partial charge in [0, 0.05) is 33.3 Å². The van der Waals surface area contributed by atoms with Gasteiger partial charge in [-0.3, -0.25) is 0 Å². The van der Waals surface area contributed by atoms with E-state index in [1.165, 1.54) is 10.4 Å². The quantitative estimate of drug-likeness (QED) is 0.675. The number of methoxy groups -OCH3 is 1. The second-order valence-electron chi connectivity index (χ2n) is 6.16. The Morgan fingerprint density at radius 2 is 1.63 bits per heavy atom. The Hall–Kier alpha value is -2.16. The zero-order valence-electron chi connectivity index (χ0n) is 15.2. The minimum Gasteiger partial charge on any atom is -0.491 e. The van der Waals surface area contributed by atoms with Gasteiger partial charge in [0.2, 0.25) is 10.0 Å². The van der Waals surface area contributed by atoms with Crippen molar-refractivity contribution in [2.24, 2.45) is 0 Å². The van der Waals surface area contributed by atoms with Gasteiger partial charge in [-0.15, -0.1) is 0 Å². The minimum atomic E-state index is -3.59. The number of anilines is 1. The number of hydrogen-bond acceptors (Lipinski definition) is 5. The summed E-state index contributed by atoms with van der Waals surface area (Å²) in [6.07, 6.45) is 0. The number of halogens is 1. The summed E-state index contributed by atoms with van der Waals surface area (Å²) in [5.41, 5.74) is 0.507. The van der Waals surface area contributed by atoms with Gasteiger partial charge in [-0.25, -0.2) is 12.8 Å². The Kier molecular flexibility index (Phi) is 6.30. The van der Waals surface area contributed by atoms with Crippen LogP contribution in [-0.2, 0) is 14.8 Å². The third kappa shape index (κ3) is 4.58. The van der Waals surface area contributed by atoms with E-state index in [1.807, 2.05) is 4.90 Å². The van der Waals surface area contributed by atoms with Crippen molar-refractivity contribution in [1.29, 1.82) is 0 Å². The minimum absolute atomic E-state index is 0.223. The first-order valence-electron chi connectivity index (χ1n) is 8.74. The summed E-state index contributed by atoms with van der Waals surface area (Å²) in [6, 6.07) is 12.9. The van der Waals surface area contributed by atoms with E-state index < -0.39 is 10.0 Å². The highest BCUT2D eigenvalue weighted by Crippen LogP contribution is 2.24. The van der Waals surface area contributed by atoms with E-state index in [-0.39, 0.29) is 10.7 Å². The van der Waals surface area contributed by atoms with Gasteiger partial charge < -0.3 is 14.4 Å². The molecule has 3 rings (SSSR count). The summed E-state index contributed by atoms with van der Waals surface area (Å²) >= 11 is 0. The van der Waals surface area contributed by atoms with Crippen molar-refractivity contribution in [1.82, 2.24) is 4.31 Å². The summed E-state index contributed by atoms with van der Waals surface area (Å²) in [4.78, 5) is 2.09. The Morgan fingerprint density at radius 3 is 2.26 bits per heavy atom. The molecule has 2 aromatic rings. The maximum Gasteiger partial charge on any atom is 0.243 e. The number of benzene rings is 2. The van der Waals surface area contributed by atoms with Crippen LogP contribution in [0.4, 0.5) is 10.1 Å². The Morgan fingerprint density at radius 1 is 0.963 bits per heavy atom. The zero-order valence-corrected chi connectivity index (χ0v) is 16.0. The van der Waals surface area contributed by atoms with E-state index in [9.17, 15) is 12.8 Å². The summed E-state index contributed by atoms with van der Waals surface area (Å²) in [5, 5.41) is 0. The molecule has 1 fully saturated rings. The number of nitrogens with zero attached hydrogens (tertiary/aromatic N) is 2. The van der Waals surface area contributed by atoms with Crippen LogP contribution in [0.3, 0.4) is 0 Å². The van der Waals surface area contributed by atoms with Gasteiger partial charge in [-0.1, -0.05) is 12.1 Å². The average Bonchev–Trinajstić information content (AvgIpc) is 2.69. The molecule has 1 aliphatic rings.